The second kappa shape index (κ2) is 8.55. The largest absolute Gasteiger partial charge is 0.457 e. The lowest BCUT2D eigenvalue weighted by Crippen LogP contribution is -2.14. The molecular weight excluding hydrogens is 484 g/mol. The maximum absolute atomic E-state index is 12.7. The molecule has 2 aromatic rings. The Balaban J connectivity index is 1.72. The van der Waals surface area contributed by atoms with E-state index < -0.39 is 6.10 Å². The quantitative estimate of drug-likeness (QED) is 0.329. The van der Waals surface area contributed by atoms with Crippen LogP contribution in [0, 0.1) is 29.6 Å². The molecule has 1 fully saturated rings. The average molecular weight is 504 g/mol. The lowest BCUT2D eigenvalue weighted by Gasteiger charge is -2.15. The van der Waals surface area contributed by atoms with Crippen LogP contribution in [0.5, 0.6) is 11.5 Å². The first-order valence-corrected chi connectivity index (χ1v) is 10.4. The molecule has 1 aliphatic rings. The standard InChI is InChI=1S/C23H20Br2O3/c1-4-19(28-22(26)21-18(14-20(24)25)23(21,2)3)15-9-8-12-17(13-15)27-16-10-6-5-7-11-16/h1,5-14,18-19,21H,2-3H3/t18-,19+,21-/m0/s1. The van der Waals surface area contributed by atoms with Crippen molar-refractivity contribution < 1.29 is 14.3 Å². The van der Waals surface area contributed by atoms with Gasteiger partial charge in [0.25, 0.3) is 0 Å². The zero-order valence-electron chi connectivity index (χ0n) is 15.6. The molecule has 5 heteroatoms. The minimum Gasteiger partial charge on any atom is -0.457 e. The molecule has 3 atom stereocenters. The van der Waals surface area contributed by atoms with E-state index in [-0.39, 0.29) is 23.2 Å². The van der Waals surface area contributed by atoms with Crippen LogP contribution >= 0.6 is 31.9 Å². The number of rotatable bonds is 6. The van der Waals surface area contributed by atoms with Gasteiger partial charge in [0.05, 0.1) is 9.31 Å². The van der Waals surface area contributed by atoms with Crippen LogP contribution in [0.2, 0.25) is 0 Å². The third-order valence-electron chi connectivity index (χ3n) is 5.00. The van der Waals surface area contributed by atoms with E-state index in [4.69, 9.17) is 15.9 Å². The van der Waals surface area contributed by atoms with Crippen LogP contribution < -0.4 is 4.74 Å². The zero-order chi connectivity index (χ0) is 20.3. The second-order valence-electron chi connectivity index (χ2n) is 7.25. The van der Waals surface area contributed by atoms with Gasteiger partial charge in [-0.1, -0.05) is 56.2 Å². The van der Waals surface area contributed by atoms with Gasteiger partial charge in [0.15, 0.2) is 6.10 Å². The first kappa shape index (κ1) is 20.7. The summed E-state index contributed by atoms with van der Waals surface area (Å²) in [5.74, 6) is 3.52. The van der Waals surface area contributed by atoms with Crippen LogP contribution in [-0.2, 0) is 9.53 Å². The summed E-state index contributed by atoms with van der Waals surface area (Å²) in [7, 11) is 0. The van der Waals surface area contributed by atoms with E-state index in [1.165, 1.54) is 0 Å². The fourth-order valence-electron chi connectivity index (χ4n) is 3.33. The summed E-state index contributed by atoms with van der Waals surface area (Å²) in [5.41, 5.74) is 0.540. The van der Waals surface area contributed by atoms with Crippen LogP contribution in [0.15, 0.2) is 64.1 Å². The molecule has 0 bridgehead atoms. The first-order valence-electron chi connectivity index (χ1n) is 8.85. The van der Waals surface area contributed by atoms with Crippen molar-refractivity contribution in [2.75, 3.05) is 0 Å². The Kier molecular flexibility index (Phi) is 6.32. The van der Waals surface area contributed by atoms with E-state index in [0.29, 0.717) is 11.3 Å². The predicted octanol–water partition coefficient (Wildman–Crippen LogP) is 6.60. The number of carbonyl (C=O) groups is 1. The van der Waals surface area contributed by atoms with Crippen LogP contribution in [0.3, 0.4) is 0 Å². The minimum absolute atomic E-state index is 0.0972. The van der Waals surface area contributed by atoms with Gasteiger partial charge in [-0.05, 0) is 67.5 Å². The molecule has 0 aromatic heterocycles. The van der Waals surface area contributed by atoms with Crippen LogP contribution in [-0.4, -0.2) is 5.97 Å². The molecule has 144 valence electrons. The van der Waals surface area contributed by atoms with E-state index in [2.05, 4.69) is 37.8 Å². The lowest BCUT2D eigenvalue weighted by molar-refractivity contribution is -0.149. The van der Waals surface area contributed by atoms with Gasteiger partial charge in [0.1, 0.15) is 11.5 Å². The molecule has 0 N–H and O–H groups in total. The fraction of sp³-hybridized carbons (Fsp3) is 0.261. The van der Waals surface area contributed by atoms with Crippen molar-refractivity contribution in [3.05, 3.63) is 69.6 Å². The second-order valence-corrected chi connectivity index (χ2v) is 10.0. The highest BCUT2D eigenvalue weighted by atomic mass is 79.9. The summed E-state index contributed by atoms with van der Waals surface area (Å²) in [6, 6.07) is 16.8. The smallest absolute Gasteiger partial charge is 0.311 e. The Hall–Kier alpha value is -2.03. The lowest BCUT2D eigenvalue weighted by atomic mass is 10.1. The SMILES string of the molecule is C#C[C@@H](OC(=O)[C@@H]1[C@H](C=C(Br)Br)C1(C)C)c1cccc(Oc2ccccc2)c1. The molecule has 3 rings (SSSR count). The molecular formula is C23H20Br2O3. The van der Waals surface area contributed by atoms with Gasteiger partial charge in [0, 0.05) is 5.56 Å². The van der Waals surface area contributed by atoms with Crippen molar-refractivity contribution in [2.24, 2.45) is 17.3 Å². The molecule has 0 radical (unpaired) electrons. The molecule has 0 aliphatic heterocycles. The number of halogens is 2. The molecule has 0 unspecified atom stereocenters. The summed E-state index contributed by atoms with van der Waals surface area (Å²) < 4.78 is 12.3. The Morgan fingerprint density at radius 2 is 1.82 bits per heavy atom. The molecule has 0 saturated heterocycles. The highest BCUT2D eigenvalue weighted by molar-refractivity contribution is 9.28. The number of hydrogen-bond acceptors (Lipinski definition) is 3. The summed E-state index contributed by atoms with van der Waals surface area (Å²) in [5, 5.41) is 0. The minimum atomic E-state index is -0.764. The van der Waals surface area contributed by atoms with Crippen LogP contribution in [0.1, 0.15) is 25.5 Å². The topological polar surface area (TPSA) is 35.5 Å². The molecule has 3 nitrogen and oxygen atoms in total. The number of esters is 1. The molecule has 0 spiro atoms. The Bertz CT molecular complexity index is 924. The monoisotopic (exact) mass is 502 g/mol. The van der Waals surface area contributed by atoms with E-state index in [1.807, 2.05) is 68.5 Å². The summed E-state index contributed by atoms with van der Waals surface area (Å²) in [4.78, 5) is 12.7. The molecule has 1 saturated carbocycles. The van der Waals surface area contributed by atoms with Gasteiger partial charge in [0.2, 0.25) is 0 Å². The van der Waals surface area contributed by atoms with Gasteiger partial charge in [-0.15, -0.1) is 6.42 Å². The number of carbonyl (C=O) groups excluding carboxylic acids is 1. The summed E-state index contributed by atoms with van der Waals surface area (Å²) in [6.07, 6.45) is 6.88. The Morgan fingerprint density at radius 3 is 2.46 bits per heavy atom. The summed E-state index contributed by atoms with van der Waals surface area (Å²) in [6.45, 7) is 4.09. The molecule has 2 aromatic carbocycles. The van der Waals surface area contributed by atoms with Crippen LogP contribution in [0.4, 0.5) is 0 Å². The van der Waals surface area contributed by atoms with E-state index in [1.54, 1.807) is 6.07 Å². The molecule has 1 aliphatic carbocycles. The molecule has 28 heavy (non-hydrogen) atoms. The molecule has 0 amide bonds. The summed E-state index contributed by atoms with van der Waals surface area (Å²) >= 11 is 6.72. The van der Waals surface area contributed by atoms with Gasteiger partial charge in [-0.3, -0.25) is 4.79 Å². The number of para-hydroxylation sites is 1. The highest BCUT2D eigenvalue weighted by Crippen LogP contribution is 2.60. The number of allylic oxidation sites excluding steroid dienone is 1. The third kappa shape index (κ3) is 4.68. The first-order chi connectivity index (χ1) is 13.3. The van der Waals surface area contributed by atoms with Crippen molar-refractivity contribution >= 4 is 37.8 Å². The van der Waals surface area contributed by atoms with Crippen molar-refractivity contribution in [3.8, 4) is 23.8 Å². The maximum Gasteiger partial charge on any atom is 0.311 e. The van der Waals surface area contributed by atoms with Crippen molar-refractivity contribution in [3.63, 3.8) is 0 Å². The predicted molar refractivity (Wildman–Crippen MR) is 117 cm³/mol. The van der Waals surface area contributed by atoms with Gasteiger partial charge in [-0.2, -0.15) is 0 Å². The number of hydrogen-bond donors (Lipinski definition) is 0. The van der Waals surface area contributed by atoms with E-state index >= 15 is 0 Å². The van der Waals surface area contributed by atoms with Gasteiger partial charge < -0.3 is 9.47 Å². The fourth-order valence-corrected chi connectivity index (χ4v) is 3.90. The maximum atomic E-state index is 12.7. The third-order valence-corrected chi connectivity index (χ3v) is 5.52. The number of benzene rings is 2. The van der Waals surface area contributed by atoms with Gasteiger partial charge in [-0.25, -0.2) is 0 Å². The van der Waals surface area contributed by atoms with Crippen molar-refractivity contribution in [2.45, 2.75) is 20.0 Å². The number of ether oxygens (including phenoxy) is 2. The van der Waals surface area contributed by atoms with Crippen molar-refractivity contribution in [1.82, 2.24) is 0 Å². The Labute approximate surface area is 182 Å². The number of terminal acetylenes is 1. The average Bonchev–Trinajstić information content (AvgIpc) is 3.20. The Morgan fingerprint density at radius 1 is 1.14 bits per heavy atom. The van der Waals surface area contributed by atoms with E-state index in [9.17, 15) is 4.79 Å². The zero-order valence-corrected chi connectivity index (χ0v) is 18.7. The normalized spacial score (nSPS) is 20.4. The molecule has 0 heterocycles. The van der Waals surface area contributed by atoms with Crippen molar-refractivity contribution in [1.29, 1.82) is 0 Å². The van der Waals surface area contributed by atoms with Crippen LogP contribution in [0.25, 0.3) is 0 Å². The van der Waals surface area contributed by atoms with E-state index in [0.717, 1.165) is 9.14 Å². The van der Waals surface area contributed by atoms with Gasteiger partial charge >= 0.3 is 5.97 Å². The highest BCUT2D eigenvalue weighted by Gasteiger charge is 2.61.